The molecule has 0 aromatic rings. The van der Waals surface area contributed by atoms with E-state index in [-0.39, 0.29) is 6.08 Å². The third-order valence-electron chi connectivity index (χ3n) is 1.50. The molecule has 0 aromatic carbocycles. The van der Waals surface area contributed by atoms with Crippen LogP contribution < -0.4 is 0 Å². The molecule has 6 heteroatoms. The average Bonchev–Trinajstić information content (AvgIpc) is 2.01. The van der Waals surface area contributed by atoms with Gasteiger partial charge in [-0.3, -0.25) is 0 Å². The first kappa shape index (κ1) is 13.8. The molecule has 0 unspecified atom stereocenters. The molecular formula is C9H8F6. The van der Waals surface area contributed by atoms with Crippen LogP contribution >= 0.6 is 0 Å². The van der Waals surface area contributed by atoms with E-state index in [0.29, 0.717) is 12.2 Å². The predicted octanol–water partition coefficient (Wildman–Crippen LogP) is 4.17. The lowest BCUT2D eigenvalue weighted by Crippen LogP contribution is -2.14. The minimum absolute atomic E-state index is 0.0208. The van der Waals surface area contributed by atoms with Crippen LogP contribution in [0.1, 0.15) is 6.92 Å². The molecule has 0 aliphatic rings. The average molecular weight is 230 g/mol. The van der Waals surface area contributed by atoms with Gasteiger partial charge in [0.2, 0.25) is 0 Å². The molecule has 0 atom stereocenters. The zero-order valence-electron chi connectivity index (χ0n) is 7.71. The van der Waals surface area contributed by atoms with Crippen LogP contribution in [-0.2, 0) is 0 Å². The highest BCUT2D eigenvalue weighted by atomic mass is 19.4. The Morgan fingerprint density at radius 3 is 1.53 bits per heavy atom. The maximum Gasteiger partial charge on any atom is 0.416 e. The molecule has 0 saturated carbocycles. The molecule has 0 heterocycles. The summed E-state index contributed by atoms with van der Waals surface area (Å²) >= 11 is 0. The van der Waals surface area contributed by atoms with Gasteiger partial charge in [0, 0.05) is 0 Å². The summed E-state index contributed by atoms with van der Waals surface area (Å²) in [6.07, 6.45) is -8.70. The monoisotopic (exact) mass is 230 g/mol. The van der Waals surface area contributed by atoms with Crippen molar-refractivity contribution >= 4 is 0 Å². The second kappa shape index (κ2) is 4.55. The largest absolute Gasteiger partial charge is 0.416 e. The van der Waals surface area contributed by atoms with Gasteiger partial charge in [-0.2, -0.15) is 26.3 Å². The molecule has 0 fully saturated rings. The summed E-state index contributed by atoms with van der Waals surface area (Å²) in [7, 11) is 0. The third kappa shape index (κ3) is 4.22. The quantitative estimate of drug-likeness (QED) is 0.493. The fourth-order valence-electron chi connectivity index (χ4n) is 0.753. The van der Waals surface area contributed by atoms with Gasteiger partial charge < -0.3 is 0 Å². The maximum absolute atomic E-state index is 12.1. The molecule has 0 aliphatic carbocycles. The molecule has 0 saturated heterocycles. The van der Waals surface area contributed by atoms with Crippen molar-refractivity contribution < 1.29 is 26.3 Å². The molecule has 0 aromatic heterocycles. The fourth-order valence-corrected chi connectivity index (χ4v) is 0.753. The number of hydrogen-bond acceptors (Lipinski definition) is 0. The van der Waals surface area contributed by atoms with E-state index >= 15 is 0 Å². The van der Waals surface area contributed by atoms with Crippen LogP contribution in [0.3, 0.4) is 0 Å². The van der Waals surface area contributed by atoms with Crippen molar-refractivity contribution in [2.24, 2.45) is 0 Å². The normalized spacial score (nSPS) is 15.4. The molecule has 0 N–H and O–H groups in total. The van der Waals surface area contributed by atoms with E-state index in [1.165, 1.54) is 0 Å². The highest BCUT2D eigenvalue weighted by Gasteiger charge is 2.36. The molecule has 0 aliphatic heterocycles. The lowest BCUT2D eigenvalue weighted by molar-refractivity contribution is -0.0934. The Bertz CT molecular complexity index is 289. The number of rotatable bonds is 2. The van der Waals surface area contributed by atoms with Crippen LogP contribution in [-0.4, -0.2) is 12.4 Å². The van der Waals surface area contributed by atoms with E-state index in [4.69, 9.17) is 0 Å². The number of halogens is 6. The summed E-state index contributed by atoms with van der Waals surface area (Å²) < 4.78 is 72.5. The third-order valence-corrected chi connectivity index (χ3v) is 1.50. The second-order valence-corrected chi connectivity index (χ2v) is 2.54. The lowest BCUT2D eigenvalue weighted by Gasteiger charge is -2.11. The van der Waals surface area contributed by atoms with E-state index < -0.39 is 23.5 Å². The van der Waals surface area contributed by atoms with Crippen molar-refractivity contribution in [3.8, 4) is 0 Å². The Morgan fingerprint density at radius 2 is 1.33 bits per heavy atom. The standard InChI is InChI=1S/C9H8F6/c1-3-6(8(10,11)12)5-7(4-2)9(13,14)15/h3-5H,1H2,2H3/b6-5+,7-4+. The Kier molecular flexibility index (Phi) is 4.18. The van der Waals surface area contributed by atoms with Crippen molar-refractivity contribution in [3.63, 3.8) is 0 Å². The molecule has 86 valence electrons. The van der Waals surface area contributed by atoms with Crippen molar-refractivity contribution in [2.75, 3.05) is 0 Å². The van der Waals surface area contributed by atoms with Crippen LogP contribution in [0.4, 0.5) is 26.3 Å². The fraction of sp³-hybridized carbons (Fsp3) is 0.333. The zero-order chi connectivity index (χ0) is 12.3. The van der Waals surface area contributed by atoms with E-state index in [0.717, 1.165) is 6.92 Å². The Labute approximate surface area is 82.6 Å². The Hall–Kier alpha value is -1.20. The van der Waals surface area contributed by atoms with E-state index in [2.05, 4.69) is 6.58 Å². The van der Waals surface area contributed by atoms with Crippen molar-refractivity contribution in [1.82, 2.24) is 0 Å². The van der Waals surface area contributed by atoms with E-state index in [9.17, 15) is 26.3 Å². The van der Waals surface area contributed by atoms with Crippen molar-refractivity contribution in [1.29, 1.82) is 0 Å². The summed E-state index contributed by atoms with van der Waals surface area (Å²) in [5.74, 6) is 0. The molecule has 15 heavy (non-hydrogen) atoms. The van der Waals surface area contributed by atoms with Crippen molar-refractivity contribution in [2.45, 2.75) is 19.3 Å². The highest BCUT2D eigenvalue weighted by Crippen LogP contribution is 2.32. The van der Waals surface area contributed by atoms with E-state index in [1.54, 1.807) is 0 Å². The van der Waals surface area contributed by atoms with Crippen LogP contribution in [0.15, 0.2) is 36.0 Å². The Balaban J connectivity index is 5.26. The maximum atomic E-state index is 12.1. The van der Waals surface area contributed by atoms with Gasteiger partial charge >= 0.3 is 12.4 Å². The van der Waals surface area contributed by atoms with Gasteiger partial charge in [-0.1, -0.05) is 18.7 Å². The van der Waals surface area contributed by atoms with Gasteiger partial charge in [-0.25, -0.2) is 0 Å². The summed E-state index contributed by atoms with van der Waals surface area (Å²) in [5.41, 5.74) is -2.78. The first-order chi connectivity index (χ1) is 6.62. The molecule has 0 bridgehead atoms. The topological polar surface area (TPSA) is 0 Å². The first-order valence-electron chi connectivity index (χ1n) is 3.77. The van der Waals surface area contributed by atoms with Crippen LogP contribution in [0.5, 0.6) is 0 Å². The van der Waals surface area contributed by atoms with Gasteiger partial charge in [-0.05, 0) is 13.0 Å². The smallest absolute Gasteiger partial charge is 0.166 e. The van der Waals surface area contributed by atoms with Crippen LogP contribution in [0, 0.1) is 0 Å². The van der Waals surface area contributed by atoms with Gasteiger partial charge in [0.05, 0.1) is 11.1 Å². The van der Waals surface area contributed by atoms with Crippen molar-refractivity contribution in [3.05, 3.63) is 36.0 Å². The predicted molar refractivity (Wildman–Crippen MR) is 44.1 cm³/mol. The molecule has 0 nitrogen and oxygen atoms in total. The SMILES string of the molecule is C=C/C(=C\C(=C/C)C(F)(F)F)C(F)(F)F. The minimum Gasteiger partial charge on any atom is -0.166 e. The molecule has 0 spiro atoms. The number of alkyl halides is 6. The summed E-state index contributed by atoms with van der Waals surface area (Å²) in [4.78, 5) is 0. The summed E-state index contributed by atoms with van der Waals surface area (Å²) in [6, 6.07) is 0. The van der Waals surface area contributed by atoms with Crippen LogP contribution in [0.25, 0.3) is 0 Å². The lowest BCUT2D eigenvalue weighted by atomic mass is 10.1. The zero-order valence-corrected chi connectivity index (χ0v) is 7.71. The van der Waals surface area contributed by atoms with Gasteiger partial charge in [0.15, 0.2) is 0 Å². The van der Waals surface area contributed by atoms with E-state index in [1.807, 2.05) is 0 Å². The van der Waals surface area contributed by atoms with Crippen LogP contribution in [0.2, 0.25) is 0 Å². The molecule has 0 rings (SSSR count). The minimum atomic E-state index is -4.83. The molecule has 0 amide bonds. The molecular weight excluding hydrogens is 222 g/mol. The Morgan fingerprint density at radius 1 is 0.933 bits per heavy atom. The summed E-state index contributed by atoms with van der Waals surface area (Å²) in [6.45, 7) is 3.82. The van der Waals surface area contributed by atoms with Gasteiger partial charge in [0.25, 0.3) is 0 Å². The number of allylic oxidation sites excluding steroid dienone is 5. The van der Waals surface area contributed by atoms with Gasteiger partial charge in [0.1, 0.15) is 0 Å². The molecule has 0 radical (unpaired) electrons. The van der Waals surface area contributed by atoms with Gasteiger partial charge in [-0.15, -0.1) is 0 Å². The second-order valence-electron chi connectivity index (χ2n) is 2.54. The highest BCUT2D eigenvalue weighted by molar-refractivity contribution is 5.34. The summed E-state index contributed by atoms with van der Waals surface area (Å²) in [5, 5.41) is 0. The first-order valence-corrected chi connectivity index (χ1v) is 3.77. The number of hydrogen-bond donors (Lipinski definition) is 0.